The van der Waals surface area contributed by atoms with E-state index in [-0.39, 0.29) is 17.4 Å². The zero-order chi connectivity index (χ0) is 18.4. The highest BCUT2D eigenvalue weighted by molar-refractivity contribution is 7.92. The van der Waals surface area contributed by atoms with Crippen molar-refractivity contribution >= 4 is 9.84 Å². The number of fused-ring (bicyclic) bond motifs is 1. The fourth-order valence-electron chi connectivity index (χ4n) is 4.73. The summed E-state index contributed by atoms with van der Waals surface area (Å²) in [5, 5.41) is 11.4. The molecule has 6 nitrogen and oxygen atoms in total. The van der Waals surface area contributed by atoms with Gasteiger partial charge >= 0.3 is 0 Å². The summed E-state index contributed by atoms with van der Waals surface area (Å²) in [6, 6.07) is 8.11. The first kappa shape index (κ1) is 18.4. The molecule has 2 saturated carbocycles. The summed E-state index contributed by atoms with van der Waals surface area (Å²) in [6.45, 7) is 0. The number of rotatable bonds is 4. The normalized spacial score (nSPS) is 34.7. The zero-order valence-corrected chi connectivity index (χ0v) is 15.8. The maximum atomic E-state index is 13.1. The van der Waals surface area contributed by atoms with Gasteiger partial charge in [0.05, 0.1) is 11.0 Å². The van der Waals surface area contributed by atoms with Crippen LogP contribution in [0.5, 0.6) is 0 Å². The van der Waals surface area contributed by atoms with Gasteiger partial charge in [-0.3, -0.25) is 0 Å². The Bertz CT molecular complexity index is 743. The van der Waals surface area contributed by atoms with Crippen LogP contribution in [0.2, 0.25) is 0 Å². The summed E-state index contributed by atoms with van der Waals surface area (Å²) >= 11 is 0. The van der Waals surface area contributed by atoms with Crippen LogP contribution in [0.25, 0.3) is 0 Å². The SMILES string of the molecule is COC([C@]1(O)CC[C@H]2OC3(CCCCC3)O[C@H]21)S(=O)(=O)c1ccccc1. The van der Waals surface area contributed by atoms with Gasteiger partial charge in [0.2, 0.25) is 9.84 Å². The highest BCUT2D eigenvalue weighted by Crippen LogP contribution is 2.51. The minimum Gasteiger partial charge on any atom is -0.383 e. The van der Waals surface area contributed by atoms with Crippen LogP contribution in [0.15, 0.2) is 35.2 Å². The highest BCUT2D eigenvalue weighted by Gasteiger charge is 2.64. The van der Waals surface area contributed by atoms with Crippen molar-refractivity contribution in [3.05, 3.63) is 30.3 Å². The average Bonchev–Trinajstić information content (AvgIpc) is 3.14. The molecular weight excluding hydrogens is 356 g/mol. The third-order valence-corrected chi connectivity index (χ3v) is 8.05. The molecule has 4 atom stereocenters. The molecule has 0 aromatic heterocycles. The van der Waals surface area contributed by atoms with Gasteiger partial charge in [-0.05, 0) is 37.8 Å². The van der Waals surface area contributed by atoms with E-state index in [1.807, 2.05) is 0 Å². The van der Waals surface area contributed by atoms with Crippen molar-refractivity contribution in [2.75, 3.05) is 7.11 Å². The molecule has 0 radical (unpaired) electrons. The van der Waals surface area contributed by atoms with Crippen LogP contribution in [0.3, 0.4) is 0 Å². The van der Waals surface area contributed by atoms with Crippen LogP contribution in [0.4, 0.5) is 0 Å². The molecule has 1 saturated heterocycles. The predicted molar refractivity (Wildman–Crippen MR) is 94.2 cm³/mol. The Balaban J connectivity index is 1.65. The average molecular weight is 382 g/mol. The topological polar surface area (TPSA) is 82.1 Å². The molecule has 0 amide bonds. The summed E-state index contributed by atoms with van der Waals surface area (Å²) in [5.74, 6) is -0.670. The van der Waals surface area contributed by atoms with Gasteiger partial charge in [-0.1, -0.05) is 24.6 Å². The first-order chi connectivity index (χ1) is 12.4. The maximum absolute atomic E-state index is 13.1. The Hall–Kier alpha value is -0.990. The van der Waals surface area contributed by atoms with Gasteiger partial charge < -0.3 is 19.3 Å². The first-order valence-electron chi connectivity index (χ1n) is 9.31. The second-order valence-electron chi connectivity index (χ2n) is 7.62. The van der Waals surface area contributed by atoms with E-state index in [0.29, 0.717) is 6.42 Å². The molecule has 0 bridgehead atoms. The number of benzene rings is 1. The van der Waals surface area contributed by atoms with Gasteiger partial charge in [-0.15, -0.1) is 0 Å². The molecule has 1 unspecified atom stereocenters. The summed E-state index contributed by atoms with van der Waals surface area (Å²) in [6.07, 6.45) is 4.62. The van der Waals surface area contributed by atoms with Crippen LogP contribution < -0.4 is 0 Å². The number of hydrogen-bond acceptors (Lipinski definition) is 6. The number of ether oxygens (including phenoxy) is 3. The van der Waals surface area contributed by atoms with Crippen LogP contribution in [0.1, 0.15) is 44.9 Å². The molecule has 1 aromatic rings. The van der Waals surface area contributed by atoms with Gasteiger partial charge in [-0.25, -0.2) is 8.42 Å². The van der Waals surface area contributed by atoms with Crippen molar-refractivity contribution in [3.8, 4) is 0 Å². The number of hydrogen-bond donors (Lipinski definition) is 1. The molecule has 1 spiro atoms. The van der Waals surface area contributed by atoms with Crippen LogP contribution in [-0.4, -0.2) is 49.7 Å². The maximum Gasteiger partial charge on any atom is 0.208 e. The summed E-state index contributed by atoms with van der Waals surface area (Å²) < 4.78 is 44.0. The predicted octanol–water partition coefficient (Wildman–Crippen LogP) is 2.40. The minimum atomic E-state index is -3.88. The molecule has 3 aliphatic rings. The lowest BCUT2D eigenvalue weighted by molar-refractivity contribution is -0.223. The summed E-state index contributed by atoms with van der Waals surface area (Å²) in [7, 11) is -2.56. The van der Waals surface area contributed by atoms with E-state index >= 15 is 0 Å². The van der Waals surface area contributed by atoms with Gasteiger partial charge in [0.25, 0.3) is 0 Å². The van der Waals surface area contributed by atoms with Crippen molar-refractivity contribution in [3.63, 3.8) is 0 Å². The molecule has 1 aromatic carbocycles. The van der Waals surface area contributed by atoms with E-state index < -0.39 is 32.8 Å². The smallest absolute Gasteiger partial charge is 0.208 e. The van der Waals surface area contributed by atoms with Gasteiger partial charge in [-0.2, -0.15) is 0 Å². The third kappa shape index (κ3) is 2.81. The lowest BCUT2D eigenvalue weighted by Gasteiger charge is -2.38. The molecular formula is C19H26O6S. The van der Waals surface area contributed by atoms with E-state index in [9.17, 15) is 13.5 Å². The van der Waals surface area contributed by atoms with Crippen molar-refractivity contribution < 1.29 is 27.7 Å². The Morgan fingerprint density at radius 1 is 1.12 bits per heavy atom. The standard InChI is InChI=1S/C19H26O6S/c1-23-17(26(21,22)14-8-4-2-5-9-14)19(20)13-10-15-16(19)25-18(24-15)11-6-3-7-12-18/h2,4-5,8-9,15-17,20H,3,6-7,10-13H2,1H3/t15-,16-,17?,19+/m1/s1. The van der Waals surface area contributed by atoms with Crippen molar-refractivity contribution in [1.82, 2.24) is 0 Å². The quantitative estimate of drug-likeness (QED) is 0.861. The minimum absolute atomic E-state index is 0.134. The summed E-state index contributed by atoms with van der Waals surface area (Å²) in [4.78, 5) is 0.134. The molecule has 7 heteroatoms. The number of sulfone groups is 1. The van der Waals surface area contributed by atoms with Crippen molar-refractivity contribution in [1.29, 1.82) is 0 Å². The molecule has 4 rings (SSSR count). The fourth-order valence-corrected chi connectivity index (χ4v) is 6.56. The molecule has 3 fully saturated rings. The molecule has 1 aliphatic heterocycles. The molecule has 26 heavy (non-hydrogen) atoms. The van der Waals surface area contributed by atoms with E-state index in [1.165, 1.54) is 19.2 Å². The lowest BCUT2D eigenvalue weighted by Crippen LogP contribution is -2.55. The second kappa shape index (κ2) is 6.56. The number of methoxy groups -OCH3 is 1. The Morgan fingerprint density at radius 3 is 2.46 bits per heavy atom. The van der Waals surface area contributed by atoms with E-state index in [1.54, 1.807) is 18.2 Å². The van der Waals surface area contributed by atoms with Gasteiger partial charge in [0.15, 0.2) is 11.2 Å². The van der Waals surface area contributed by atoms with E-state index in [4.69, 9.17) is 14.2 Å². The van der Waals surface area contributed by atoms with E-state index in [2.05, 4.69) is 0 Å². The third-order valence-electron chi connectivity index (χ3n) is 5.96. The molecule has 2 aliphatic carbocycles. The zero-order valence-electron chi connectivity index (χ0n) is 15.0. The monoisotopic (exact) mass is 382 g/mol. The van der Waals surface area contributed by atoms with Crippen LogP contribution in [-0.2, 0) is 24.0 Å². The van der Waals surface area contributed by atoms with Crippen molar-refractivity contribution in [2.45, 2.75) is 78.9 Å². The van der Waals surface area contributed by atoms with Crippen LogP contribution in [0, 0.1) is 0 Å². The number of aliphatic hydroxyl groups is 1. The van der Waals surface area contributed by atoms with Crippen LogP contribution >= 0.6 is 0 Å². The Morgan fingerprint density at radius 2 is 1.81 bits per heavy atom. The Kier molecular flexibility index (Phi) is 4.64. The second-order valence-corrected chi connectivity index (χ2v) is 9.61. The Labute approximate surface area is 154 Å². The molecule has 144 valence electrons. The first-order valence-corrected chi connectivity index (χ1v) is 10.9. The fraction of sp³-hybridized carbons (Fsp3) is 0.684. The largest absolute Gasteiger partial charge is 0.383 e. The molecule has 1 heterocycles. The lowest BCUT2D eigenvalue weighted by atomic mass is 9.94. The van der Waals surface area contributed by atoms with Gasteiger partial charge in [0.1, 0.15) is 11.7 Å². The molecule has 1 N–H and O–H groups in total. The van der Waals surface area contributed by atoms with Gasteiger partial charge in [0, 0.05) is 20.0 Å². The summed E-state index contributed by atoms with van der Waals surface area (Å²) in [5.41, 5.74) is -3.02. The van der Waals surface area contributed by atoms with Crippen molar-refractivity contribution in [2.24, 2.45) is 0 Å². The van der Waals surface area contributed by atoms with E-state index in [0.717, 1.165) is 32.1 Å². The highest BCUT2D eigenvalue weighted by atomic mass is 32.2.